The summed E-state index contributed by atoms with van der Waals surface area (Å²) in [4.78, 5) is 29.3. The van der Waals surface area contributed by atoms with Gasteiger partial charge < -0.3 is 14.5 Å². The highest BCUT2D eigenvalue weighted by atomic mass is 32.2. The summed E-state index contributed by atoms with van der Waals surface area (Å²) in [7, 11) is 1.59. The zero-order valence-corrected chi connectivity index (χ0v) is 16.9. The Labute approximate surface area is 172 Å². The minimum Gasteiger partial charge on any atom is -0.497 e. The summed E-state index contributed by atoms with van der Waals surface area (Å²) >= 11 is 1.52. The molecule has 0 radical (unpaired) electrons. The average molecular weight is 412 g/mol. The molecule has 2 fully saturated rings. The zero-order valence-electron chi connectivity index (χ0n) is 16.1. The predicted octanol–water partition coefficient (Wildman–Crippen LogP) is 3.52. The molecule has 0 N–H and O–H groups in total. The fourth-order valence-electron chi connectivity index (χ4n) is 4.22. The lowest BCUT2D eigenvalue weighted by Gasteiger charge is -2.33. The number of nitrogens with zero attached hydrogens (tertiary/aromatic N) is 2. The van der Waals surface area contributed by atoms with Gasteiger partial charge in [0, 0.05) is 23.8 Å². The molecule has 29 heavy (non-hydrogen) atoms. The topological polar surface area (TPSA) is 49.9 Å². The molecule has 1 spiro atoms. The summed E-state index contributed by atoms with van der Waals surface area (Å²) in [5.74, 6) is 1.06. The summed E-state index contributed by atoms with van der Waals surface area (Å²) in [6.07, 6.45) is 1.79. The van der Waals surface area contributed by atoms with E-state index in [0.717, 1.165) is 29.7 Å². The van der Waals surface area contributed by atoms with Gasteiger partial charge in [-0.3, -0.25) is 9.59 Å². The van der Waals surface area contributed by atoms with E-state index in [2.05, 4.69) is 0 Å². The molecule has 1 saturated heterocycles. The fraction of sp³-hybridized carbons (Fsp3) is 0.364. The molecular formula is C22H21FN2O3S. The van der Waals surface area contributed by atoms with Crippen molar-refractivity contribution in [1.29, 1.82) is 0 Å². The Kier molecular flexibility index (Phi) is 4.31. The van der Waals surface area contributed by atoms with Gasteiger partial charge in [0.2, 0.25) is 5.91 Å². The lowest BCUT2D eigenvalue weighted by atomic mass is 10.0. The first kappa shape index (κ1) is 18.5. The second-order valence-electron chi connectivity index (χ2n) is 7.66. The molecule has 0 bridgehead atoms. The van der Waals surface area contributed by atoms with Gasteiger partial charge in [0.15, 0.2) is 4.87 Å². The van der Waals surface area contributed by atoms with Crippen molar-refractivity contribution < 1.29 is 18.7 Å². The van der Waals surface area contributed by atoms with Gasteiger partial charge in [-0.05, 0) is 48.7 Å². The van der Waals surface area contributed by atoms with E-state index in [1.165, 1.54) is 23.9 Å². The molecule has 0 unspecified atom stereocenters. The maximum Gasteiger partial charge on any atom is 0.268 e. The Morgan fingerprint density at radius 1 is 1.24 bits per heavy atom. The molecular weight excluding hydrogens is 391 g/mol. The molecule has 0 aromatic heterocycles. The van der Waals surface area contributed by atoms with Crippen LogP contribution in [0.3, 0.4) is 0 Å². The number of thioether (sulfide) groups is 1. The van der Waals surface area contributed by atoms with Crippen molar-refractivity contribution in [3.05, 3.63) is 59.4 Å². The number of benzene rings is 2. The van der Waals surface area contributed by atoms with Gasteiger partial charge in [0.05, 0.1) is 19.3 Å². The van der Waals surface area contributed by atoms with Gasteiger partial charge in [0.1, 0.15) is 11.6 Å². The van der Waals surface area contributed by atoms with Crippen LogP contribution in [0, 0.1) is 11.7 Å². The van der Waals surface area contributed by atoms with E-state index in [4.69, 9.17) is 4.74 Å². The van der Waals surface area contributed by atoms with Crippen molar-refractivity contribution >= 4 is 29.3 Å². The Morgan fingerprint density at radius 3 is 2.69 bits per heavy atom. The van der Waals surface area contributed by atoms with Crippen LogP contribution in [0.4, 0.5) is 10.1 Å². The minimum atomic E-state index is -1.04. The molecule has 1 aliphatic carbocycles. The van der Waals surface area contributed by atoms with Crippen LogP contribution in [0.5, 0.6) is 5.75 Å². The van der Waals surface area contributed by atoms with Crippen LogP contribution in [0.25, 0.3) is 0 Å². The number of fused-ring (bicyclic) bond motifs is 2. The molecule has 2 aromatic carbocycles. The van der Waals surface area contributed by atoms with Crippen molar-refractivity contribution in [2.45, 2.75) is 24.3 Å². The van der Waals surface area contributed by atoms with Crippen molar-refractivity contribution in [3.63, 3.8) is 0 Å². The number of hydrogen-bond donors (Lipinski definition) is 0. The van der Waals surface area contributed by atoms with Crippen LogP contribution >= 0.6 is 11.8 Å². The highest BCUT2D eigenvalue weighted by molar-refractivity contribution is 8.01. The molecule has 2 amide bonds. The largest absolute Gasteiger partial charge is 0.497 e. The highest BCUT2D eigenvalue weighted by Crippen LogP contribution is 2.56. The Balaban J connectivity index is 1.60. The Morgan fingerprint density at radius 2 is 2.00 bits per heavy atom. The Hall–Kier alpha value is -2.54. The van der Waals surface area contributed by atoms with E-state index >= 15 is 0 Å². The second-order valence-corrected chi connectivity index (χ2v) is 8.95. The van der Waals surface area contributed by atoms with Gasteiger partial charge in [-0.25, -0.2) is 4.39 Å². The highest BCUT2D eigenvalue weighted by Gasteiger charge is 2.60. The number of methoxy groups -OCH3 is 1. The number of halogens is 1. The first-order valence-electron chi connectivity index (χ1n) is 9.75. The molecule has 150 valence electrons. The molecule has 5 rings (SSSR count). The quantitative estimate of drug-likeness (QED) is 0.771. The molecule has 2 heterocycles. The summed E-state index contributed by atoms with van der Waals surface area (Å²) in [6.45, 7) is 0.888. The fourth-order valence-corrected chi connectivity index (χ4v) is 5.68. The number of hydrogen-bond acceptors (Lipinski definition) is 4. The second kappa shape index (κ2) is 6.76. The predicted molar refractivity (Wildman–Crippen MR) is 109 cm³/mol. The van der Waals surface area contributed by atoms with Gasteiger partial charge in [0.25, 0.3) is 5.91 Å². The number of anilines is 1. The number of carbonyl (C=O) groups is 2. The van der Waals surface area contributed by atoms with Gasteiger partial charge in [-0.15, -0.1) is 11.8 Å². The van der Waals surface area contributed by atoms with Crippen LogP contribution in [0.1, 0.15) is 24.0 Å². The third kappa shape index (κ3) is 2.82. The van der Waals surface area contributed by atoms with Crippen LogP contribution in [-0.4, -0.2) is 36.1 Å². The third-order valence-electron chi connectivity index (χ3n) is 5.85. The normalized spacial score (nSPS) is 23.0. The van der Waals surface area contributed by atoms with Crippen LogP contribution < -0.4 is 9.64 Å². The number of ether oxygens (including phenoxy) is 1. The average Bonchev–Trinajstić information content (AvgIpc) is 3.46. The molecule has 3 aliphatic rings. The summed E-state index contributed by atoms with van der Waals surface area (Å²) < 4.78 is 18.7. The molecule has 1 saturated carbocycles. The summed E-state index contributed by atoms with van der Waals surface area (Å²) in [5.41, 5.74) is 2.42. The lowest BCUT2D eigenvalue weighted by Crippen LogP contribution is -2.50. The van der Waals surface area contributed by atoms with Gasteiger partial charge in [-0.1, -0.05) is 12.1 Å². The maximum atomic E-state index is 13.8. The van der Waals surface area contributed by atoms with Gasteiger partial charge in [-0.2, -0.15) is 0 Å². The summed E-state index contributed by atoms with van der Waals surface area (Å²) in [5, 5.41) is 0. The van der Waals surface area contributed by atoms with Gasteiger partial charge >= 0.3 is 0 Å². The smallest absolute Gasteiger partial charge is 0.268 e. The molecule has 5 nitrogen and oxygen atoms in total. The van der Waals surface area contributed by atoms with E-state index in [-0.39, 0.29) is 23.5 Å². The maximum absolute atomic E-state index is 13.8. The van der Waals surface area contributed by atoms with E-state index in [1.54, 1.807) is 29.0 Å². The standard InChI is InChI=1S/C22H21FN2O3S/c1-28-17-8-9-19-18(12-17)22(25(10-11-29-22)20(26)15-4-5-15)21(27)24(19)13-14-2-6-16(23)7-3-14/h2-3,6-9,12,15H,4-5,10-11,13H2,1H3/t22-/m1/s1. The molecule has 1 atom stereocenters. The SMILES string of the molecule is COc1ccc2c(c1)[C@@]1(SCCN1C(=O)C1CC1)C(=O)N2Cc1ccc(F)cc1. The number of rotatable bonds is 4. The first-order chi connectivity index (χ1) is 14.0. The van der Waals surface area contributed by atoms with Crippen LogP contribution in [0.2, 0.25) is 0 Å². The van der Waals surface area contributed by atoms with Crippen molar-refractivity contribution in [2.24, 2.45) is 5.92 Å². The molecule has 2 aromatic rings. The lowest BCUT2D eigenvalue weighted by molar-refractivity contribution is -0.141. The van der Waals surface area contributed by atoms with Crippen LogP contribution in [-0.2, 0) is 21.0 Å². The Bertz CT molecular complexity index is 992. The minimum absolute atomic E-state index is 0.0404. The van der Waals surface area contributed by atoms with E-state index < -0.39 is 4.87 Å². The van der Waals surface area contributed by atoms with Crippen LogP contribution in [0.15, 0.2) is 42.5 Å². The number of carbonyl (C=O) groups excluding carboxylic acids is 2. The van der Waals surface area contributed by atoms with E-state index in [0.29, 0.717) is 24.6 Å². The molecule has 7 heteroatoms. The van der Waals surface area contributed by atoms with Crippen molar-refractivity contribution in [1.82, 2.24) is 4.90 Å². The summed E-state index contributed by atoms with van der Waals surface area (Å²) in [6, 6.07) is 11.8. The monoisotopic (exact) mass is 412 g/mol. The first-order valence-corrected chi connectivity index (χ1v) is 10.7. The van der Waals surface area contributed by atoms with Crippen molar-refractivity contribution in [3.8, 4) is 5.75 Å². The number of amides is 2. The third-order valence-corrected chi connectivity index (χ3v) is 7.27. The van der Waals surface area contributed by atoms with Crippen molar-refractivity contribution in [2.75, 3.05) is 24.3 Å². The van der Waals surface area contributed by atoms with E-state index in [1.807, 2.05) is 18.2 Å². The van der Waals surface area contributed by atoms with E-state index in [9.17, 15) is 14.0 Å². The zero-order chi connectivity index (χ0) is 20.2. The molecule has 2 aliphatic heterocycles.